The van der Waals surface area contributed by atoms with E-state index in [-0.39, 0.29) is 30.8 Å². The highest BCUT2D eigenvalue weighted by atomic mass is 32.2. The number of benzene rings is 1. The first-order chi connectivity index (χ1) is 9.02. The topological polar surface area (TPSA) is 111 Å². The van der Waals surface area contributed by atoms with Crippen molar-refractivity contribution >= 4 is 15.7 Å². The summed E-state index contributed by atoms with van der Waals surface area (Å²) >= 11 is 0. The highest BCUT2D eigenvalue weighted by molar-refractivity contribution is 7.89. The Bertz CT molecular complexity index is 578. The summed E-state index contributed by atoms with van der Waals surface area (Å²) < 4.78 is 25.8. The van der Waals surface area contributed by atoms with Gasteiger partial charge in [0.05, 0.1) is 17.0 Å². The maximum absolute atomic E-state index is 12.3. The van der Waals surface area contributed by atoms with Gasteiger partial charge in [0.1, 0.15) is 0 Å². The van der Waals surface area contributed by atoms with Crippen LogP contribution in [0.2, 0.25) is 0 Å². The quantitative estimate of drug-likeness (QED) is 0.783. The molecule has 0 aromatic heterocycles. The lowest BCUT2D eigenvalue weighted by Crippen LogP contribution is -2.32. The second-order valence-corrected chi connectivity index (χ2v) is 5.73. The minimum Gasteiger partial charge on any atom is -0.399 e. The number of nitrogens with zero attached hydrogens (tertiary/aromatic N) is 3. The molecule has 0 aliphatic rings. The van der Waals surface area contributed by atoms with Gasteiger partial charge in [0.25, 0.3) is 0 Å². The van der Waals surface area contributed by atoms with E-state index in [4.69, 9.17) is 16.3 Å². The molecule has 0 saturated carbocycles. The third-order valence-corrected chi connectivity index (χ3v) is 4.38. The number of anilines is 1. The molecule has 0 amide bonds. The van der Waals surface area contributed by atoms with Crippen molar-refractivity contribution < 1.29 is 8.42 Å². The fraction of sp³-hybridized carbons (Fsp3) is 0.333. The normalized spacial score (nSPS) is 10.9. The summed E-state index contributed by atoms with van der Waals surface area (Å²) in [6.07, 6.45) is 0.166. The number of nitrogen functional groups attached to an aromatic ring is 1. The average Bonchev–Trinajstić information content (AvgIpc) is 2.39. The second-order valence-electron chi connectivity index (χ2n) is 3.79. The Morgan fingerprint density at radius 1 is 1.05 bits per heavy atom. The number of hydrogen-bond donors (Lipinski definition) is 1. The molecule has 0 heterocycles. The first-order valence-electron chi connectivity index (χ1n) is 5.62. The highest BCUT2D eigenvalue weighted by Crippen LogP contribution is 2.17. The van der Waals surface area contributed by atoms with Gasteiger partial charge in [-0.05, 0) is 24.3 Å². The van der Waals surface area contributed by atoms with Gasteiger partial charge in [0.15, 0.2) is 0 Å². The van der Waals surface area contributed by atoms with Gasteiger partial charge in [0, 0.05) is 31.6 Å². The molecule has 0 aliphatic carbocycles. The molecule has 0 aliphatic heterocycles. The lowest BCUT2D eigenvalue weighted by Gasteiger charge is -2.19. The van der Waals surface area contributed by atoms with E-state index < -0.39 is 10.0 Å². The van der Waals surface area contributed by atoms with Crippen LogP contribution in [-0.4, -0.2) is 25.8 Å². The standard InChI is InChI=1S/C12H14N4O2S/c13-7-1-9-16(10-2-8-14)19(17,18)12-5-3-11(15)4-6-12/h3-6H,1-2,9-10,15H2. The van der Waals surface area contributed by atoms with Crippen LogP contribution in [0, 0.1) is 22.7 Å². The fourth-order valence-corrected chi connectivity index (χ4v) is 2.93. The predicted octanol–water partition coefficient (Wildman–Crippen LogP) is 1.09. The molecule has 100 valence electrons. The van der Waals surface area contributed by atoms with Crippen LogP contribution in [-0.2, 0) is 10.0 Å². The summed E-state index contributed by atoms with van der Waals surface area (Å²) in [4.78, 5) is 0.109. The van der Waals surface area contributed by atoms with Crippen LogP contribution in [0.1, 0.15) is 12.8 Å². The van der Waals surface area contributed by atoms with Gasteiger partial charge >= 0.3 is 0 Å². The van der Waals surface area contributed by atoms with E-state index in [1.807, 2.05) is 12.1 Å². The van der Waals surface area contributed by atoms with E-state index in [9.17, 15) is 8.42 Å². The molecule has 7 heteroatoms. The molecular formula is C12H14N4O2S. The van der Waals surface area contributed by atoms with Crippen molar-refractivity contribution in [1.82, 2.24) is 4.31 Å². The molecule has 0 bridgehead atoms. The second kappa shape index (κ2) is 6.74. The van der Waals surface area contributed by atoms with Gasteiger partial charge in [-0.15, -0.1) is 0 Å². The molecular weight excluding hydrogens is 264 g/mol. The van der Waals surface area contributed by atoms with E-state index in [1.165, 1.54) is 24.3 Å². The van der Waals surface area contributed by atoms with Crippen molar-refractivity contribution in [3.05, 3.63) is 24.3 Å². The van der Waals surface area contributed by atoms with E-state index in [2.05, 4.69) is 0 Å². The van der Waals surface area contributed by atoms with Crippen molar-refractivity contribution in [2.45, 2.75) is 17.7 Å². The van der Waals surface area contributed by atoms with Crippen LogP contribution >= 0.6 is 0 Å². The van der Waals surface area contributed by atoms with E-state index in [0.29, 0.717) is 5.69 Å². The van der Waals surface area contributed by atoms with Gasteiger partial charge in [-0.3, -0.25) is 0 Å². The fourth-order valence-electron chi connectivity index (χ4n) is 1.49. The molecule has 19 heavy (non-hydrogen) atoms. The van der Waals surface area contributed by atoms with Crippen LogP contribution in [0.3, 0.4) is 0 Å². The Balaban J connectivity index is 3.01. The number of hydrogen-bond acceptors (Lipinski definition) is 5. The molecule has 0 fully saturated rings. The first-order valence-corrected chi connectivity index (χ1v) is 7.06. The molecule has 2 N–H and O–H groups in total. The molecule has 6 nitrogen and oxygen atoms in total. The van der Waals surface area contributed by atoms with Gasteiger partial charge in [-0.1, -0.05) is 0 Å². The third-order valence-electron chi connectivity index (χ3n) is 2.46. The van der Waals surface area contributed by atoms with Crippen LogP contribution in [0.15, 0.2) is 29.2 Å². The molecule has 0 unspecified atom stereocenters. The van der Waals surface area contributed by atoms with Crippen molar-refractivity contribution in [2.24, 2.45) is 0 Å². The number of nitrogens with two attached hydrogens (primary N) is 1. The average molecular weight is 278 g/mol. The summed E-state index contributed by atoms with van der Waals surface area (Å²) in [5, 5.41) is 17.1. The summed E-state index contributed by atoms with van der Waals surface area (Å²) in [6.45, 7) is 0.149. The van der Waals surface area contributed by atoms with Gasteiger partial charge in [-0.25, -0.2) is 8.42 Å². The molecule has 0 atom stereocenters. The van der Waals surface area contributed by atoms with Crippen molar-refractivity contribution in [2.75, 3.05) is 18.8 Å². The summed E-state index contributed by atoms with van der Waals surface area (Å²) in [7, 11) is -3.69. The SMILES string of the molecule is N#CCCN(CCC#N)S(=O)(=O)c1ccc(N)cc1. The van der Waals surface area contributed by atoms with Gasteiger partial charge in [0.2, 0.25) is 10.0 Å². The third kappa shape index (κ3) is 3.95. The molecule has 0 radical (unpaired) electrons. The van der Waals surface area contributed by atoms with E-state index in [0.717, 1.165) is 4.31 Å². The molecule has 1 aromatic rings. The van der Waals surface area contributed by atoms with Crippen molar-refractivity contribution in [3.8, 4) is 12.1 Å². The van der Waals surface area contributed by atoms with E-state index in [1.54, 1.807) is 0 Å². The van der Waals surface area contributed by atoms with Crippen molar-refractivity contribution in [3.63, 3.8) is 0 Å². The number of rotatable bonds is 6. The maximum Gasteiger partial charge on any atom is 0.243 e. The minimum absolute atomic E-state index is 0.0743. The van der Waals surface area contributed by atoms with Crippen LogP contribution < -0.4 is 5.73 Å². The lowest BCUT2D eigenvalue weighted by molar-refractivity contribution is 0.425. The smallest absolute Gasteiger partial charge is 0.243 e. The zero-order valence-electron chi connectivity index (χ0n) is 10.3. The Kier molecular flexibility index (Phi) is 5.31. The number of nitriles is 2. The van der Waals surface area contributed by atoms with Gasteiger partial charge < -0.3 is 5.73 Å². The predicted molar refractivity (Wildman–Crippen MR) is 70.1 cm³/mol. The lowest BCUT2D eigenvalue weighted by atomic mass is 10.3. The summed E-state index contributed by atoms with van der Waals surface area (Å²) in [5.41, 5.74) is 5.98. The summed E-state index contributed by atoms with van der Waals surface area (Å²) in [6, 6.07) is 9.62. The van der Waals surface area contributed by atoms with Crippen molar-refractivity contribution in [1.29, 1.82) is 10.5 Å². The zero-order valence-corrected chi connectivity index (χ0v) is 11.1. The van der Waals surface area contributed by atoms with Gasteiger partial charge in [-0.2, -0.15) is 14.8 Å². The van der Waals surface area contributed by atoms with E-state index >= 15 is 0 Å². The Morgan fingerprint density at radius 2 is 1.53 bits per heavy atom. The minimum atomic E-state index is -3.69. The molecule has 1 rings (SSSR count). The Morgan fingerprint density at radius 3 is 1.95 bits per heavy atom. The largest absolute Gasteiger partial charge is 0.399 e. The highest BCUT2D eigenvalue weighted by Gasteiger charge is 2.23. The maximum atomic E-state index is 12.3. The molecule has 0 spiro atoms. The van der Waals surface area contributed by atoms with Crippen LogP contribution in [0.4, 0.5) is 5.69 Å². The van der Waals surface area contributed by atoms with Crippen LogP contribution in [0.5, 0.6) is 0 Å². The molecule has 0 saturated heterocycles. The zero-order chi connectivity index (χ0) is 14.3. The molecule has 1 aromatic carbocycles. The van der Waals surface area contributed by atoms with Crippen LogP contribution in [0.25, 0.3) is 0 Å². The Labute approximate surface area is 112 Å². The Hall–Kier alpha value is -2.09. The number of sulfonamides is 1. The first kappa shape index (κ1) is 15.0. The summed E-state index contributed by atoms with van der Waals surface area (Å²) in [5.74, 6) is 0. The monoisotopic (exact) mass is 278 g/mol.